The van der Waals surface area contributed by atoms with Crippen LogP contribution < -0.4 is 11.2 Å². The molecule has 2 aromatic carbocycles. The average Bonchev–Trinajstić information content (AvgIpc) is 2.41. The maximum atomic E-state index is 11.8. The number of anilines is 1. The Bertz CT molecular complexity index is 603. The first-order valence-corrected chi connectivity index (χ1v) is 5.91. The number of hydrogen-bond donors (Lipinski definition) is 2. The monoisotopic (exact) mass is 253 g/mol. The molecule has 1 amide bonds. The quantitative estimate of drug-likeness (QED) is 0.501. The Balaban J connectivity index is 1.98. The van der Waals surface area contributed by atoms with Crippen molar-refractivity contribution in [1.29, 1.82) is 0 Å². The minimum atomic E-state index is -0.282. The summed E-state index contributed by atoms with van der Waals surface area (Å²) >= 11 is 0. The molecule has 0 saturated carbocycles. The lowest BCUT2D eigenvalue weighted by molar-refractivity contribution is 0.0955. The number of aryl methyl sites for hydroxylation is 1. The van der Waals surface area contributed by atoms with Gasteiger partial charge in [-0.2, -0.15) is 5.10 Å². The van der Waals surface area contributed by atoms with Crippen molar-refractivity contribution >= 4 is 17.8 Å². The molecule has 0 aliphatic rings. The molecule has 2 aromatic rings. The summed E-state index contributed by atoms with van der Waals surface area (Å²) in [5, 5.41) is 3.91. The van der Waals surface area contributed by atoms with Crippen LogP contribution in [-0.2, 0) is 0 Å². The summed E-state index contributed by atoms with van der Waals surface area (Å²) in [6.07, 6.45) is 1.60. The first-order chi connectivity index (χ1) is 9.15. The molecule has 0 fully saturated rings. The fourth-order valence-electron chi connectivity index (χ4n) is 1.56. The van der Waals surface area contributed by atoms with E-state index in [2.05, 4.69) is 10.5 Å². The van der Waals surface area contributed by atoms with Crippen LogP contribution in [0.15, 0.2) is 53.6 Å². The topological polar surface area (TPSA) is 67.5 Å². The molecule has 0 aliphatic carbocycles. The van der Waals surface area contributed by atoms with E-state index >= 15 is 0 Å². The van der Waals surface area contributed by atoms with Gasteiger partial charge in [-0.05, 0) is 30.7 Å². The summed E-state index contributed by atoms with van der Waals surface area (Å²) in [7, 11) is 0. The summed E-state index contributed by atoms with van der Waals surface area (Å²) in [6, 6.07) is 14.6. The minimum absolute atomic E-state index is 0.282. The molecule has 0 atom stereocenters. The molecule has 0 aliphatic heterocycles. The highest BCUT2D eigenvalue weighted by atomic mass is 16.2. The number of nitrogens with one attached hydrogen (secondary N) is 1. The number of hydrazone groups is 1. The Labute approximate surface area is 112 Å². The van der Waals surface area contributed by atoms with Gasteiger partial charge in [-0.15, -0.1) is 0 Å². The number of nitrogens with two attached hydrogens (primary N) is 1. The smallest absolute Gasteiger partial charge is 0.271 e. The van der Waals surface area contributed by atoms with E-state index in [9.17, 15) is 4.79 Å². The fourth-order valence-corrected chi connectivity index (χ4v) is 1.56. The predicted octanol–water partition coefficient (Wildman–Crippen LogP) is 2.34. The predicted molar refractivity (Wildman–Crippen MR) is 77.1 cm³/mol. The summed E-state index contributed by atoms with van der Waals surface area (Å²) < 4.78 is 0. The zero-order valence-corrected chi connectivity index (χ0v) is 10.6. The highest BCUT2D eigenvalue weighted by molar-refractivity contribution is 5.95. The summed E-state index contributed by atoms with van der Waals surface area (Å²) in [5.41, 5.74) is 11.2. The van der Waals surface area contributed by atoms with Crippen LogP contribution in [0.3, 0.4) is 0 Å². The molecule has 0 aromatic heterocycles. The summed E-state index contributed by atoms with van der Waals surface area (Å²) in [5.74, 6) is -0.282. The van der Waals surface area contributed by atoms with Crippen molar-refractivity contribution in [2.24, 2.45) is 5.10 Å². The molecule has 2 rings (SSSR count). The highest BCUT2D eigenvalue weighted by Gasteiger charge is 2.03. The molecule has 4 nitrogen and oxygen atoms in total. The first-order valence-electron chi connectivity index (χ1n) is 5.91. The van der Waals surface area contributed by atoms with Crippen molar-refractivity contribution in [2.45, 2.75) is 6.92 Å². The van der Waals surface area contributed by atoms with E-state index in [1.54, 1.807) is 30.5 Å². The number of hydrogen-bond acceptors (Lipinski definition) is 3. The first kappa shape index (κ1) is 12.8. The number of benzene rings is 2. The molecule has 0 radical (unpaired) electrons. The highest BCUT2D eigenvalue weighted by Crippen LogP contribution is 2.06. The number of nitrogen functional groups attached to an aromatic ring is 1. The van der Waals surface area contributed by atoms with Crippen LogP contribution in [-0.4, -0.2) is 12.1 Å². The van der Waals surface area contributed by atoms with Crippen LogP contribution in [0, 0.1) is 6.92 Å². The van der Waals surface area contributed by atoms with E-state index in [0.717, 1.165) is 5.56 Å². The number of carbonyl (C=O) groups excluding carboxylic acids is 1. The molecule has 0 bridgehead atoms. The Morgan fingerprint density at radius 1 is 1.21 bits per heavy atom. The van der Waals surface area contributed by atoms with Crippen LogP contribution in [0.25, 0.3) is 0 Å². The number of carbonyl (C=O) groups is 1. The summed E-state index contributed by atoms with van der Waals surface area (Å²) in [6.45, 7) is 2.02. The van der Waals surface area contributed by atoms with E-state index in [0.29, 0.717) is 11.3 Å². The maximum absolute atomic E-state index is 11.8. The van der Waals surface area contributed by atoms with E-state index in [-0.39, 0.29) is 5.91 Å². The van der Waals surface area contributed by atoms with E-state index in [1.165, 1.54) is 5.56 Å². The van der Waals surface area contributed by atoms with Crippen molar-refractivity contribution in [3.05, 3.63) is 65.2 Å². The van der Waals surface area contributed by atoms with Gasteiger partial charge in [0.25, 0.3) is 5.91 Å². The van der Waals surface area contributed by atoms with Crippen molar-refractivity contribution in [1.82, 2.24) is 5.43 Å². The Morgan fingerprint density at radius 2 is 1.95 bits per heavy atom. The fraction of sp³-hybridized carbons (Fsp3) is 0.0667. The van der Waals surface area contributed by atoms with Gasteiger partial charge in [0, 0.05) is 11.3 Å². The van der Waals surface area contributed by atoms with Crippen LogP contribution >= 0.6 is 0 Å². The maximum Gasteiger partial charge on any atom is 0.271 e. The van der Waals surface area contributed by atoms with Crippen LogP contribution in [0.1, 0.15) is 21.5 Å². The van der Waals surface area contributed by atoms with Crippen molar-refractivity contribution < 1.29 is 4.79 Å². The third kappa shape index (κ3) is 3.67. The van der Waals surface area contributed by atoms with Crippen LogP contribution in [0.2, 0.25) is 0 Å². The second-order valence-electron chi connectivity index (χ2n) is 4.24. The third-order valence-corrected chi connectivity index (χ3v) is 2.61. The van der Waals surface area contributed by atoms with Gasteiger partial charge in [-0.3, -0.25) is 4.79 Å². The van der Waals surface area contributed by atoms with Gasteiger partial charge in [-0.1, -0.05) is 35.9 Å². The van der Waals surface area contributed by atoms with Gasteiger partial charge in [0.1, 0.15) is 0 Å². The molecule has 0 spiro atoms. The van der Waals surface area contributed by atoms with E-state index < -0.39 is 0 Å². The lowest BCUT2D eigenvalue weighted by Crippen LogP contribution is -2.17. The van der Waals surface area contributed by atoms with Gasteiger partial charge in [0.15, 0.2) is 0 Å². The molecule has 4 heteroatoms. The van der Waals surface area contributed by atoms with Crippen molar-refractivity contribution in [3.63, 3.8) is 0 Å². The number of nitrogens with zero attached hydrogens (tertiary/aromatic N) is 1. The molecule has 0 unspecified atom stereocenters. The molecular formula is C15H15N3O. The van der Waals surface area contributed by atoms with E-state index in [1.807, 2.05) is 31.2 Å². The SMILES string of the molecule is Cc1ccc(/C=N\NC(=O)c2cccc(N)c2)cc1. The zero-order chi connectivity index (χ0) is 13.7. The van der Waals surface area contributed by atoms with Gasteiger partial charge in [0.05, 0.1) is 6.21 Å². The summed E-state index contributed by atoms with van der Waals surface area (Å²) in [4.78, 5) is 11.8. The second kappa shape index (κ2) is 5.82. The van der Waals surface area contributed by atoms with E-state index in [4.69, 9.17) is 5.73 Å². The van der Waals surface area contributed by atoms with Crippen LogP contribution in [0.4, 0.5) is 5.69 Å². The van der Waals surface area contributed by atoms with Gasteiger partial charge in [0.2, 0.25) is 0 Å². The lowest BCUT2D eigenvalue weighted by Gasteiger charge is -2.00. The molecule has 0 saturated heterocycles. The zero-order valence-electron chi connectivity index (χ0n) is 10.6. The van der Waals surface area contributed by atoms with Crippen molar-refractivity contribution in [2.75, 3.05) is 5.73 Å². The molecule has 0 heterocycles. The van der Waals surface area contributed by atoms with Gasteiger partial charge >= 0.3 is 0 Å². The number of rotatable bonds is 3. The third-order valence-electron chi connectivity index (χ3n) is 2.61. The lowest BCUT2D eigenvalue weighted by atomic mass is 10.2. The Morgan fingerprint density at radius 3 is 2.63 bits per heavy atom. The minimum Gasteiger partial charge on any atom is -0.399 e. The molecule has 19 heavy (non-hydrogen) atoms. The van der Waals surface area contributed by atoms with Crippen LogP contribution in [0.5, 0.6) is 0 Å². The van der Waals surface area contributed by atoms with Gasteiger partial charge in [-0.25, -0.2) is 5.43 Å². The Kier molecular flexibility index (Phi) is 3.93. The normalized spacial score (nSPS) is 10.6. The Hall–Kier alpha value is -2.62. The molecular weight excluding hydrogens is 238 g/mol. The standard InChI is InChI=1S/C15H15N3O/c1-11-5-7-12(8-6-11)10-17-18-15(19)13-3-2-4-14(16)9-13/h2-10H,16H2,1H3,(H,18,19)/b17-10-. The number of amides is 1. The van der Waals surface area contributed by atoms with Gasteiger partial charge < -0.3 is 5.73 Å². The molecule has 96 valence electrons. The second-order valence-corrected chi connectivity index (χ2v) is 4.24. The average molecular weight is 253 g/mol. The van der Waals surface area contributed by atoms with Crippen molar-refractivity contribution in [3.8, 4) is 0 Å². The molecule has 3 N–H and O–H groups in total. The largest absolute Gasteiger partial charge is 0.399 e.